The van der Waals surface area contributed by atoms with Gasteiger partial charge in [-0.1, -0.05) is 33.6 Å². The third-order valence-corrected chi connectivity index (χ3v) is 3.52. The molecular formula is C15H32N2O. The highest BCUT2D eigenvalue weighted by molar-refractivity contribution is 4.71. The van der Waals surface area contributed by atoms with Crippen LogP contribution in [0.1, 0.15) is 52.9 Å². The van der Waals surface area contributed by atoms with E-state index < -0.39 is 0 Å². The van der Waals surface area contributed by atoms with Crippen LogP contribution in [0.3, 0.4) is 0 Å². The molecule has 0 saturated carbocycles. The fraction of sp³-hybridized carbons (Fsp3) is 1.00. The van der Waals surface area contributed by atoms with Crippen LogP contribution in [-0.4, -0.2) is 49.8 Å². The standard InChI is InChI=1S/C15H32N2O/c1-4-10-17-11-12-18-15(13-17)8-6-5-7-9-16-14(2)3/h14-16H,4-13H2,1-3H3/t15-/m1/s1. The summed E-state index contributed by atoms with van der Waals surface area (Å²) in [5.41, 5.74) is 0. The van der Waals surface area contributed by atoms with Crippen LogP contribution in [0.4, 0.5) is 0 Å². The van der Waals surface area contributed by atoms with Crippen LogP contribution >= 0.6 is 0 Å². The van der Waals surface area contributed by atoms with Gasteiger partial charge in [0, 0.05) is 19.1 Å². The molecule has 0 aromatic rings. The van der Waals surface area contributed by atoms with E-state index in [-0.39, 0.29) is 0 Å². The van der Waals surface area contributed by atoms with Crippen LogP contribution in [0, 0.1) is 0 Å². The lowest BCUT2D eigenvalue weighted by molar-refractivity contribution is -0.0328. The molecule has 0 amide bonds. The van der Waals surface area contributed by atoms with Gasteiger partial charge in [0.15, 0.2) is 0 Å². The summed E-state index contributed by atoms with van der Waals surface area (Å²) < 4.78 is 5.84. The van der Waals surface area contributed by atoms with E-state index in [2.05, 4.69) is 31.0 Å². The number of unbranched alkanes of at least 4 members (excludes halogenated alkanes) is 2. The van der Waals surface area contributed by atoms with Crippen molar-refractivity contribution in [3.8, 4) is 0 Å². The molecule has 1 fully saturated rings. The maximum absolute atomic E-state index is 5.84. The lowest BCUT2D eigenvalue weighted by Crippen LogP contribution is -2.42. The zero-order chi connectivity index (χ0) is 13.2. The molecule has 1 N–H and O–H groups in total. The Balaban J connectivity index is 1.98. The topological polar surface area (TPSA) is 24.5 Å². The molecule has 0 aliphatic carbocycles. The van der Waals surface area contributed by atoms with Crippen molar-refractivity contribution in [3.05, 3.63) is 0 Å². The van der Waals surface area contributed by atoms with Crippen molar-refractivity contribution in [1.29, 1.82) is 0 Å². The van der Waals surface area contributed by atoms with Gasteiger partial charge in [-0.2, -0.15) is 0 Å². The number of morpholine rings is 1. The van der Waals surface area contributed by atoms with Crippen molar-refractivity contribution < 1.29 is 4.74 Å². The molecular weight excluding hydrogens is 224 g/mol. The molecule has 1 aliphatic heterocycles. The van der Waals surface area contributed by atoms with Crippen molar-refractivity contribution in [2.24, 2.45) is 0 Å². The summed E-state index contributed by atoms with van der Waals surface area (Å²) in [6, 6.07) is 0.620. The first-order valence-corrected chi connectivity index (χ1v) is 7.79. The van der Waals surface area contributed by atoms with Crippen LogP contribution in [0.2, 0.25) is 0 Å². The summed E-state index contributed by atoms with van der Waals surface area (Å²) in [5.74, 6) is 0. The highest BCUT2D eigenvalue weighted by Crippen LogP contribution is 2.12. The van der Waals surface area contributed by atoms with Gasteiger partial charge in [-0.15, -0.1) is 0 Å². The summed E-state index contributed by atoms with van der Waals surface area (Å²) in [6.07, 6.45) is 6.92. The van der Waals surface area contributed by atoms with Crippen molar-refractivity contribution >= 4 is 0 Å². The van der Waals surface area contributed by atoms with Crippen molar-refractivity contribution in [3.63, 3.8) is 0 Å². The predicted octanol–water partition coefficient (Wildman–Crippen LogP) is 2.66. The summed E-state index contributed by atoms with van der Waals surface area (Å²) in [6.45, 7) is 12.3. The Morgan fingerprint density at radius 2 is 2.11 bits per heavy atom. The SMILES string of the molecule is CCCN1CCO[C@H](CCCCCNC(C)C)C1. The molecule has 0 aromatic heterocycles. The van der Waals surface area contributed by atoms with Crippen LogP contribution in [0.5, 0.6) is 0 Å². The largest absolute Gasteiger partial charge is 0.376 e. The fourth-order valence-corrected chi connectivity index (χ4v) is 2.54. The first kappa shape index (κ1) is 15.9. The van der Waals surface area contributed by atoms with E-state index in [0.717, 1.165) is 26.2 Å². The van der Waals surface area contributed by atoms with Crippen LogP contribution in [-0.2, 0) is 4.74 Å². The Labute approximate surface area is 113 Å². The highest BCUT2D eigenvalue weighted by Gasteiger charge is 2.18. The normalized spacial score (nSPS) is 21.7. The van der Waals surface area contributed by atoms with Crippen molar-refractivity contribution in [2.45, 2.75) is 65.0 Å². The maximum atomic E-state index is 5.84. The van der Waals surface area contributed by atoms with E-state index >= 15 is 0 Å². The number of hydrogen-bond donors (Lipinski definition) is 1. The summed E-state index contributed by atoms with van der Waals surface area (Å²) in [4.78, 5) is 2.55. The maximum Gasteiger partial charge on any atom is 0.0702 e. The summed E-state index contributed by atoms with van der Waals surface area (Å²) in [5, 5.41) is 3.47. The van der Waals surface area contributed by atoms with Crippen LogP contribution in [0.25, 0.3) is 0 Å². The first-order valence-electron chi connectivity index (χ1n) is 7.79. The van der Waals surface area contributed by atoms with Gasteiger partial charge < -0.3 is 10.1 Å². The lowest BCUT2D eigenvalue weighted by Gasteiger charge is -2.32. The van der Waals surface area contributed by atoms with E-state index in [1.54, 1.807) is 0 Å². The molecule has 0 spiro atoms. The Bertz CT molecular complexity index is 195. The molecule has 108 valence electrons. The zero-order valence-corrected chi connectivity index (χ0v) is 12.6. The molecule has 1 aliphatic rings. The van der Waals surface area contributed by atoms with Crippen molar-refractivity contribution in [2.75, 3.05) is 32.8 Å². The summed E-state index contributed by atoms with van der Waals surface area (Å²) in [7, 11) is 0. The second-order valence-electron chi connectivity index (χ2n) is 5.75. The van der Waals surface area contributed by atoms with Crippen LogP contribution in [0.15, 0.2) is 0 Å². The number of hydrogen-bond acceptors (Lipinski definition) is 3. The minimum Gasteiger partial charge on any atom is -0.376 e. The molecule has 18 heavy (non-hydrogen) atoms. The molecule has 0 radical (unpaired) electrons. The van der Waals surface area contributed by atoms with Gasteiger partial charge in [0.05, 0.1) is 12.7 Å². The number of nitrogens with one attached hydrogen (secondary N) is 1. The second kappa shape index (κ2) is 9.76. The number of nitrogens with zero attached hydrogens (tertiary/aromatic N) is 1. The molecule has 0 unspecified atom stereocenters. The Morgan fingerprint density at radius 3 is 2.83 bits per heavy atom. The number of rotatable bonds is 9. The van der Waals surface area contributed by atoms with Gasteiger partial charge in [-0.05, 0) is 32.4 Å². The molecule has 1 heterocycles. The molecule has 1 atom stereocenters. The van der Waals surface area contributed by atoms with Crippen LogP contribution < -0.4 is 5.32 Å². The molecule has 1 saturated heterocycles. The third-order valence-electron chi connectivity index (χ3n) is 3.52. The molecule has 0 aromatic carbocycles. The third kappa shape index (κ3) is 7.34. The molecule has 3 heteroatoms. The van der Waals surface area contributed by atoms with E-state index in [4.69, 9.17) is 4.74 Å². The van der Waals surface area contributed by atoms with Gasteiger partial charge in [0.2, 0.25) is 0 Å². The minimum atomic E-state index is 0.489. The monoisotopic (exact) mass is 256 g/mol. The smallest absolute Gasteiger partial charge is 0.0702 e. The van der Waals surface area contributed by atoms with E-state index in [1.807, 2.05) is 0 Å². The average Bonchev–Trinajstić information content (AvgIpc) is 2.34. The predicted molar refractivity (Wildman–Crippen MR) is 78.1 cm³/mol. The minimum absolute atomic E-state index is 0.489. The van der Waals surface area contributed by atoms with Gasteiger partial charge in [-0.25, -0.2) is 0 Å². The quantitative estimate of drug-likeness (QED) is 0.642. The Kier molecular flexibility index (Phi) is 8.64. The molecule has 1 rings (SSSR count). The first-order chi connectivity index (χ1) is 8.72. The molecule has 0 bridgehead atoms. The lowest BCUT2D eigenvalue weighted by atomic mass is 10.1. The average molecular weight is 256 g/mol. The Hall–Kier alpha value is -0.120. The second-order valence-corrected chi connectivity index (χ2v) is 5.75. The van der Waals surface area contributed by atoms with E-state index in [1.165, 1.54) is 38.6 Å². The van der Waals surface area contributed by atoms with Gasteiger partial charge in [0.25, 0.3) is 0 Å². The fourth-order valence-electron chi connectivity index (χ4n) is 2.54. The summed E-state index contributed by atoms with van der Waals surface area (Å²) >= 11 is 0. The highest BCUT2D eigenvalue weighted by atomic mass is 16.5. The van der Waals surface area contributed by atoms with Gasteiger partial charge in [-0.3, -0.25) is 4.90 Å². The molecule has 3 nitrogen and oxygen atoms in total. The number of ether oxygens (including phenoxy) is 1. The van der Waals surface area contributed by atoms with Gasteiger partial charge >= 0.3 is 0 Å². The van der Waals surface area contributed by atoms with Crippen molar-refractivity contribution in [1.82, 2.24) is 10.2 Å². The van der Waals surface area contributed by atoms with E-state index in [0.29, 0.717) is 12.1 Å². The Morgan fingerprint density at radius 1 is 1.28 bits per heavy atom. The van der Waals surface area contributed by atoms with Gasteiger partial charge in [0.1, 0.15) is 0 Å². The zero-order valence-electron chi connectivity index (χ0n) is 12.6. The van der Waals surface area contributed by atoms with E-state index in [9.17, 15) is 0 Å².